The number of nitrogens with one attached hydrogen (secondary N) is 1. The van der Waals surface area contributed by atoms with E-state index in [1.807, 2.05) is 18.2 Å². The van der Waals surface area contributed by atoms with Gasteiger partial charge in [-0.25, -0.2) is 4.98 Å². The Labute approximate surface area is 108 Å². The van der Waals surface area contributed by atoms with Gasteiger partial charge < -0.3 is 15.6 Å². The van der Waals surface area contributed by atoms with E-state index in [9.17, 15) is 0 Å². The second kappa shape index (κ2) is 5.87. The number of H-pyrrole nitrogens is 1. The molecular formula is C14H22N4. The van der Waals surface area contributed by atoms with Crippen molar-refractivity contribution in [3.8, 4) is 0 Å². The third-order valence-corrected chi connectivity index (χ3v) is 3.18. The number of benzene rings is 1. The lowest BCUT2D eigenvalue weighted by atomic mass is 10.3. The molecule has 4 heteroatoms. The molecule has 0 aliphatic rings. The normalized spacial score (nSPS) is 11.5. The van der Waals surface area contributed by atoms with Crippen molar-refractivity contribution >= 4 is 16.7 Å². The Morgan fingerprint density at radius 1 is 1.33 bits per heavy atom. The lowest BCUT2D eigenvalue weighted by molar-refractivity contribution is 0.330. The number of fused-ring (bicyclic) bond motifs is 1. The molecule has 98 valence electrons. The molecule has 0 radical (unpaired) electrons. The summed E-state index contributed by atoms with van der Waals surface area (Å²) in [6, 6.07) is 5.79. The van der Waals surface area contributed by atoms with Crippen molar-refractivity contribution in [2.75, 3.05) is 25.9 Å². The first kappa shape index (κ1) is 12.9. The highest BCUT2D eigenvalue weighted by atomic mass is 15.1. The van der Waals surface area contributed by atoms with Gasteiger partial charge in [0.05, 0.1) is 11.0 Å². The number of hydrogen-bond donors (Lipinski definition) is 2. The third-order valence-electron chi connectivity index (χ3n) is 3.18. The van der Waals surface area contributed by atoms with Crippen LogP contribution in [0.5, 0.6) is 0 Å². The van der Waals surface area contributed by atoms with Gasteiger partial charge in [-0.1, -0.05) is 13.3 Å². The number of nitrogen functional groups attached to an aromatic ring is 1. The van der Waals surface area contributed by atoms with Crippen LogP contribution in [0.25, 0.3) is 11.0 Å². The number of aromatic nitrogens is 2. The summed E-state index contributed by atoms with van der Waals surface area (Å²) < 4.78 is 0. The van der Waals surface area contributed by atoms with E-state index in [2.05, 4.69) is 28.8 Å². The van der Waals surface area contributed by atoms with Crippen molar-refractivity contribution < 1.29 is 0 Å². The molecule has 1 aromatic carbocycles. The minimum Gasteiger partial charge on any atom is -0.399 e. The van der Waals surface area contributed by atoms with E-state index in [4.69, 9.17) is 5.73 Å². The van der Waals surface area contributed by atoms with Crippen LogP contribution in [0, 0.1) is 0 Å². The molecule has 0 amide bonds. The molecule has 0 spiro atoms. The molecule has 2 rings (SSSR count). The highest BCUT2D eigenvalue weighted by molar-refractivity contribution is 5.78. The number of imidazole rings is 1. The van der Waals surface area contributed by atoms with Crippen molar-refractivity contribution in [2.45, 2.75) is 26.2 Å². The molecule has 2 aromatic rings. The molecule has 0 aliphatic carbocycles. The Hall–Kier alpha value is -1.55. The van der Waals surface area contributed by atoms with E-state index >= 15 is 0 Å². The predicted molar refractivity (Wildman–Crippen MR) is 76.6 cm³/mol. The van der Waals surface area contributed by atoms with Crippen LogP contribution >= 0.6 is 0 Å². The van der Waals surface area contributed by atoms with Crippen LogP contribution in [-0.2, 0) is 6.42 Å². The van der Waals surface area contributed by atoms with Crippen molar-refractivity contribution in [1.82, 2.24) is 14.9 Å². The van der Waals surface area contributed by atoms with Crippen molar-refractivity contribution in [1.29, 1.82) is 0 Å². The molecule has 1 aromatic heterocycles. The number of anilines is 1. The minimum absolute atomic E-state index is 0.776. The Kier molecular flexibility index (Phi) is 4.20. The highest BCUT2D eigenvalue weighted by Crippen LogP contribution is 2.15. The zero-order chi connectivity index (χ0) is 13.0. The van der Waals surface area contributed by atoms with Crippen LogP contribution in [0.4, 0.5) is 5.69 Å². The average Bonchev–Trinajstić information content (AvgIpc) is 2.75. The molecule has 18 heavy (non-hydrogen) atoms. The first-order chi connectivity index (χ1) is 8.69. The van der Waals surface area contributed by atoms with Crippen molar-refractivity contribution in [2.24, 2.45) is 0 Å². The van der Waals surface area contributed by atoms with E-state index in [-0.39, 0.29) is 0 Å². The number of likely N-dealkylation sites (N-methyl/N-ethyl adjacent to an activating group) is 1. The highest BCUT2D eigenvalue weighted by Gasteiger charge is 2.04. The maximum Gasteiger partial charge on any atom is 0.108 e. The topological polar surface area (TPSA) is 57.9 Å². The van der Waals surface area contributed by atoms with Crippen LogP contribution in [0.2, 0.25) is 0 Å². The van der Waals surface area contributed by atoms with E-state index in [0.717, 1.165) is 42.1 Å². The second-order valence-corrected chi connectivity index (χ2v) is 4.87. The minimum atomic E-state index is 0.776. The molecule has 0 bridgehead atoms. The summed E-state index contributed by atoms with van der Waals surface area (Å²) in [5.74, 6) is 1.04. The third kappa shape index (κ3) is 3.23. The molecule has 0 saturated heterocycles. The Balaban J connectivity index is 1.95. The maximum atomic E-state index is 5.75. The summed E-state index contributed by atoms with van der Waals surface area (Å²) >= 11 is 0. The smallest absolute Gasteiger partial charge is 0.108 e. The number of aromatic amines is 1. The number of hydrogen-bond acceptors (Lipinski definition) is 3. The SMILES string of the molecule is CCCCN(C)CCc1nc2ccc(N)cc2[nH]1. The average molecular weight is 246 g/mol. The summed E-state index contributed by atoms with van der Waals surface area (Å²) in [4.78, 5) is 10.3. The van der Waals surface area contributed by atoms with E-state index in [0.29, 0.717) is 0 Å². The fourth-order valence-corrected chi connectivity index (χ4v) is 2.04. The fourth-order valence-electron chi connectivity index (χ4n) is 2.04. The number of nitrogens with two attached hydrogens (primary N) is 1. The van der Waals surface area contributed by atoms with Gasteiger partial charge in [0, 0.05) is 18.7 Å². The van der Waals surface area contributed by atoms with E-state index < -0.39 is 0 Å². The van der Waals surface area contributed by atoms with Crippen LogP contribution in [0.1, 0.15) is 25.6 Å². The zero-order valence-electron chi connectivity index (χ0n) is 11.2. The summed E-state index contributed by atoms with van der Waals surface area (Å²) in [5, 5.41) is 0. The largest absolute Gasteiger partial charge is 0.399 e. The van der Waals surface area contributed by atoms with Crippen LogP contribution in [0.3, 0.4) is 0 Å². The van der Waals surface area contributed by atoms with E-state index in [1.165, 1.54) is 12.8 Å². The monoisotopic (exact) mass is 246 g/mol. The lowest BCUT2D eigenvalue weighted by Gasteiger charge is -2.14. The van der Waals surface area contributed by atoms with Crippen LogP contribution in [-0.4, -0.2) is 35.0 Å². The summed E-state index contributed by atoms with van der Waals surface area (Å²) in [6.45, 7) is 4.41. The van der Waals surface area contributed by atoms with Gasteiger partial charge in [0.15, 0.2) is 0 Å². The molecule has 0 atom stereocenters. The van der Waals surface area contributed by atoms with E-state index in [1.54, 1.807) is 0 Å². The quantitative estimate of drug-likeness (QED) is 0.770. The molecule has 0 saturated carbocycles. The van der Waals surface area contributed by atoms with Crippen LogP contribution < -0.4 is 5.73 Å². The van der Waals surface area contributed by atoms with Gasteiger partial charge in [-0.05, 0) is 38.2 Å². The standard InChI is InChI=1S/C14H22N4/c1-3-4-8-18(2)9-7-14-16-12-6-5-11(15)10-13(12)17-14/h5-6,10H,3-4,7-9,15H2,1-2H3,(H,16,17). The van der Waals surface area contributed by atoms with Crippen molar-refractivity contribution in [3.63, 3.8) is 0 Å². The maximum absolute atomic E-state index is 5.75. The first-order valence-corrected chi connectivity index (χ1v) is 6.61. The Bertz CT molecular complexity index is 503. The number of unbranched alkanes of at least 4 members (excludes halogenated alkanes) is 1. The lowest BCUT2D eigenvalue weighted by Crippen LogP contribution is -2.22. The first-order valence-electron chi connectivity index (χ1n) is 6.61. The Morgan fingerprint density at radius 2 is 2.17 bits per heavy atom. The summed E-state index contributed by atoms with van der Waals surface area (Å²) in [6.07, 6.45) is 3.45. The van der Waals surface area contributed by atoms with Gasteiger partial charge in [-0.2, -0.15) is 0 Å². The van der Waals surface area contributed by atoms with Gasteiger partial charge in [-0.3, -0.25) is 0 Å². The fraction of sp³-hybridized carbons (Fsp3) is 0.500. The van der Waals surface area contributed by atoms with Gasteiger partial charge in [0.2, 0.25) is 0 Å². The Morgan fingerprint density at radius 3 is 2.94 bits per heavy atom. The van der Waals surface area contributed by atoms with Gasteiger partial charge in [-0.15, -0.1) is 0 Å². The molecule has 0 unspecified atom stereocenters. The van der Waals surface area contributed by atoms with Gasteiger partial charge in [0.1, 0.15) is 5.82 Å². The predicted octanol–water partition coefficient (Wildman–Crippen LogP) is 2.42. The van der Waals surface area contributed by atoms with Crippen molar-refractivity contribution in [3.05, 3.63) is 24.0 Å². The summed E-state index contributed by atoms with van der Waals surface area (Å²) in [5.41, 5.74) is 8.55. The molecule has 4 nitrogen and oxygen atoms in total. The number of rotatable bonds is 6. The molecular weight excluding hydrogens is 224 g/mol. The second-order valence-electron chi connectivity index (χ2n) is 4.87. The number of nitrogens with zero attached hydrogens (tertiary/aromatic N) is 2. The zero-order valence-corrected chi connectivity index (χ0v) is 11.2. The van der Waals surface area contributed by atoms with Gasteiger partial charge >= 0.3 is 0 Å². The molecule has 0 fully saturated rings. The van der Waals surface area contributed by atoms with Crippen LogP contribution in [0.15, 0.2) is 18.2 Å². The molecule has 0 aliphatic heterocycles. The molecule has 1 heterocycles. The molecule has 3 N–H and O–H groups in total. The summed E-state index contributed by atoms with van der Waals surface area (Å²) in [7, 11) is 2.16. The van der Waals surface area contributed by atoms with Gasteiger partial charge in [0.25, 0.3) is 0 Å².